The molecule has 0 spiro atoms. The number of carbonyl (C=O) groups excluding carboxylic acids is 1. The van der Waals surface area contributed by atoms with Gasteiger partial charge in [-0.3, -0.25) is 9.59 Å². The zero-order chi connectivity index (χ0) is 13.2. The predicted octanol–water partition coefficient (Wildman–Crippen LogP) is 2.83. The van der Waals surface area contributed by atoms with Crippen LogP contribution in [0.3, 0.4) is 0 Å². The second-order valence-corrected chi connectivity index (χ2v) is 6.48. The third kappa shape index (κ3) is 3.29. The molecule has 1 aromatic heterocycles. The van der Waals surface area contributed by atoms with Crippen LogP contribution in [0.1, 0.15) is 13.8 Å². The van der Waals surface area contributed by atoms with Crippen LogP contribution in [0.2, 0.25) is 0 Å². The van der Waals surface area contributed by atoms with E-state index in [2.05, 4.69) is 15.9 Å². The molecule has 1 aromatic rings. The van der Waals surface area contributed by atoms with Crippen molar-refractivity contribution < 1.29 is 14.7 Å². The molecule has 0 aliphatic rings. The topological polar surface area (TPSA) is 57.6 Å². The summed E-state index contributed by atoms with van der Waals surface area (Å²) < 4.78 is 0.906. The highest BCUT2D eigenvalue weighted by Gasteiger charge is 2.32. The molecule has 0 bridgehead atoms. The molecule has 0 aromatic carbocycles. The van der Waals surface area contributed by atoms with Gasteiger partial charge < -0.3 is 10.0 Å². The number of nitrogens with zero attached hydrogens (tertiary/aromatic N) is 1. The molecule has 1 N–H and O–H groups in total. The highest BCUT2D eigenvalue weighted by molar-refractivity contribution is 9.11. The molecule has 0 aliphatic carbocycles. The van der Waals surface area contributed by atoms with E-state index >= 15 is 0 Å². The Labute approximate surface area is 112 Å². The Hall–Kier alpha value is -0.880. The molecular weight excluding hydrogens is 306 g/mol. The van der Waals surface area contributed by atoms with E-state index < -0.39 is 11.9 Å². The van der Waals surface area contributed by atoms with Crippen LogP contribution in [-0.4, -0.2) is 24.0 Å². The Morgan fingerprint density at radius 2 is 2.00 bits per heavy atom. The van der Waals surface area contributed by atoms with Crippen molar-refractivity contribution in [1.82, 2.24) is 0 Å². The summed E-state index contributed by atoms with van der Waals surface area (Å²) in [6.07, 6.45) is 0. The van der Waals surface area contributed by atoms with E-state index in [0.29, 0.717) is 0 Å². The molecule has 94 valence electrons. The van der Waals surface area contributed by atoms with Crippen molar-refractivity contribution >= 4 is 44.1 Å². The van der Waals surface area contributed by atoms with Gasteiger partial charge in [0.15, 0.2) is 0 Å². The molecule has 1 amide bonds. The Bertz CT molecular complexity index is 430. The number of carbonyl (C=O) groups is 2. The lowest BCUT2D eigenvalue weighted by Crippen LogP contribution is -2.39. The molecule has 0 saturated carbocycles. The molecule has 1 rings (SSSR count). The Kier molecular flexibility index (Phi) is 4.70. The van der Waals surface area contributed by atoms with Crippen LogP contribution in [0.25, 0.3) is 0 Å². The van der Waals surface area contributed by atoms with Crippen LogP contribution in [0, 0.1) is 11.8 Å². The van der Waals surface area contributed by atoms with Crippen LogP contribution >= 0.6 is 27.3 Å². The van der Waals surface area contributed by atoms with Crippen molar-refractivity contribution in [3.8, 4) is 0 Å². The van der Waals surface area contributed by atoms with E-state index in [1.807, 2.05) is 6.07 Å². The molecule has 1 unspecified atom stereocenters. The minimum atomic E-state index is -1.08. The molecule has 0 aliphatic heterocycles. The van der Waals surface area contributed by atoms with E-state index in [-0.39, 0.29) is 11.8 Å². The van der Waals surface area contributed by atoms with Crippen LogP contribution in [0.4, 0.5) is 5.00 Å². The maximum absolute atomic E-state index is 12.1. The van der Waals surface area contributed by atoms with Crippen LogP contribution in [-0.2, 0) is 9.59 Å². The first-order chi connectivity index (χ1) is 7.84. The first-order valence-corrected chi connectivity index (χ1v) is 6.71. The molecular formula is C11H14BrNO3S. The van der Waals surface area contributed by atoms with Crippen molar-refractivity contribution in [2.24, 2.45) is 11.8 Å². The summed E-state index contributed by atoms with van der Waals surface area (Å²) in [6, 6.07) is 3.61. The predicted molar refractivity (Wildman–Crippen MR) is 71.4 cm³/mol. The summed E-state index contributed by atoms with van der Waals surface area (Å²) in [7, 11) is 1.60. The molecule has 4 nitrogen and oxygen atoms in total. The van der Waals surface area contributed by atoms with Crippen LogP contribution in [0.5, 0.6) is 0 Å². The van der Waals surface area contributed by atoms with E-state index in [1.54, 1.807) is 27.0 Å². The fraction of sp³-hybridized carbons (Fsp3) is 0.455. The average molecular weight is 320 g/mol. The van der Waals surface area contributed by atoms with Crippen molar-refractivity contribution in [1.29, 1.82) is 0 Å². The second-order valence-electron chi connectivity index (χ2n) is 4.03. The second kappa shape index (κ2) is 5.64. The van der Waals surface area contributed by atoms with Gasteiger partial charge in [-0.15, -0.1) is 11.3 Å². The van der Waals surface area contributed by atoms with Crippen molar-refractivity contribution in [3.05, 3.63) is 15.9 Å². The minimum Gasteiger partial charge on any atom is -0.481 e. The lowest BCUT2D eigenvalue weighted by molar-refractivity contribution is -0.147. The number of carboxylic acids is 1. The average Bonchev–Trinajstić information content (AvgIpc) is 2.62. The Morgan fingerprint density at radius 3 is 2.35 bits per heavy atom. The fourth-order valence-corrected chi connectivity index (χ4v) is 2.81. The number of aliphatic carboxylic acids is 1. The lowest BCUT2D eigenvalue weighted by atomic mass is 9.95. The van der Waals surface area contributed by atoms with E-state index in [0.717, 1.165) is 8.79 Å². The maximum Gasteiger partial charge on any atom is 0.316 e. The van der Waals surface area contributed by atoms with Crippen molar-refractivity contribution in [2.45, 2.75) is 13.8 Å². The SMILES string of the molecule is CC(C)C(C(=O)O)C(=O)N(C)c1ccc(Br)s1. The van der Waals surface area contributed by atoms with Gasteiger partial charge in [-0.2, -0.15) is 0 Å². The molecule has 0 saturated heterocycles. The Balaban J connectivity index is 2.92. The van der Waals surface area contributed by atoms with Gasteiger partial charge in [-0.25, -0.2) is 0 Å². The van der Waals surface area contributed by atoms with E-state index in [4.69, 9.17) is 5.11 Å². The summed E-state index contributed by atoms with van der Waals surface area (Å²) in [5, 5.41) is 9.79. The zero-order valence-electron chi connectivity index (χ0n) is 9.81. The molecule has 1 atom stereocenters. The van der Waals surface area contributed by atoms with Crippen LogP contribution in [0.15, 0.2) is 15.9 Å². The third-order valence-electron chi connectivity index (χ3n) is 2.42. The van der Waals surface area contributed by atoms with Gasteiger partial charge in [-0.1, -0.05) is 13.8 Å². The van der Waals surface area contributed by atoms with Crippen LogP contribution < -0.4 is 4.90 Å². The van der Waals surface area contributed by atoms with Gasteiger partial charge in [0.05, 0.1) is 8.79 Å². The third-order valence-corrected chi connectivity index (χ3v) is 4.12. The molecule has 0 fully saturated rings. The standard InChI is InChI=1S/C11H14BrNO3S/c1-6(2)9(11(15)16)10(14)13(3)8-5-4-7(12)17-8/h4-6,9H,1-3H3,(H,15,16). The van der Waals surface area contributed by atoms with Crippen molar-refractivity contribution in [2.75, 3.05) is 11.9 Å². The summed E-state index contributed by atoms with van der Waals surface area (Å²) >= 11 is 4.70. The highest BCUT2D eigenvalue weighted by Crippen LogP contribution is 2.30. The largest absolute Gasteiger partial charge is 0.481 e. The monoisotopic (exact) mass is 319 g/mol. The molecule has 0 radical (unpaired) electrons. The summed E-state index contributed by atoms with van der Waals surface area (Å²) in [5.74, 6) is -2.69. The number of halogens is 1. The number of anilines is 1. The summed E-state index contributed by atoms with van der Waals surface area (Å²) in [4.78, 5) is 24.5. The maximum atomic E-state index is 12.1. The smallest absolute Gasteiger partial charge is 0.316 e. The lowest BCUT2D eigenvalue weighted by Gasteiger charge is -2.22. The molecule has 17 heavy (non-hydrogen) atoms. The van der Waals surface area contributed by atoms with Gasteiger partial charge in [0.2, 0.25) is 5.91 Å². The quantitative estimate of drug-likeness (QED) is 0.868. The number of carboxylic acid groups (broad SMARTS) is 1. The van der Waals surface area contributed by atoms with Gasteiger partial charge in [-0.05, 0) is 34.0 Å². The van der Waals surface area contributed by atoms with Gasteiger partial charge in [0.1, 0.15) is 5.92 Å². The number of rotatable bonds is 4. The van der Waals surface area contributed by atoms with E-state index in [1.165, 1.54) is 16.2 Å². The number of hydrogen-bond acceptors (Lipinski definition) is 3. The van der Waals surface area contributed by atoms with Gasteiger partial charge >= 0.3 is 5.97 Å². The van der Waals surface area contributed by atoms with Crippen molar-refractivity contribution in [3.63, 3.8) is 0 Å². The first kappa shape index (κ1) is 14.2. The number of hydrogen-bond donors (Lipinski definition) is 1. The van der Waals surface area contributed by atoms with E-state index in [9.17, 15) is 9.59 Å². The summed E-state index contributed by atoms with van der Waals surface area (Å²) in [6.45, 7) is 3.46. The normalized spacial score (nSPS) is 12.5. The summed E-state index contributed by atoms with van der Waals surface area (Å²) in [5.41, 5.74) is 0. The number of amides is 1. The number of thiophene rings is 1. The molecule has 1 heterocycles. The first-order valence-electron chi connectivity index (χ1n) is 5.10. The molecule has 6 heteroatoms. The minimum absolute atomic E-state index is 0.231. The highest BCUT2D eigenvalue weighted by atomic mass is 79.9. The van der Waals surface area contributed by atoms with Gasteiger partial charge in [0, 0.05) is 7.05 Å². The zero-order valence-corrected chi connectivity index (χ0v) is 12.2. The fourth-order valence-electron chi connectivity index (χ4n) is 1.48. The van der Waals surface area contributed by atoms with Gasteiger partial charge in [0.25, 0.3) is 0 Å². The Morgan fingerprint density at radius 1 is 1.41 bits per heavy atom.